The Morgan fingerprint density at radius 3 is 2.78 bits per heavy atom. The van der Waals surface area contributed by atoms with Gasteiger partial charge in [0.05, 0.1) is 6.42 Å². The van der Waals surface area contributed by atoms with Crippen molar-refractivity contribution in [1.29, 1.82) is 0 Å². The van der Waals surface area contributed by atoms with Crippen molar-refractivity contribution in [2.45, 2.75) is 52.0 Å². The summed E-state index contributed by atoms with van der Waals surface area (Å²) in [6, 6.07) is 0.510. The number of H-pyrrole nitrogens is 1. The van der Waals surface area contributed by atoms with Crippen molar-refractivity contribution in [3.63, 3.8) is 0 Å². The highest BCUT2D eigenvalue weighted by atomic mass is 32.1. The van der Waals surface area contributed by atoms with Gasteiger partial charge in [-0.25, -0.2) is 0 Å². The molecule has 1 heterocycles. The van der Waals surface area contributed by atoms with Crippen molar-refractivity contribution < 1.29 is 4.79 Å². The summed E-state index contributed by atoms with van der Waals surface area (Å²) >= 11 is 6.64. The fourth-order valence-corrected chi connectivity index (χ4v) is 3.35. The van der Waals surface area contributed by atoms with Crippen molar-refractivity contribution >= 4 is 29.5 Å². The minimum Gasteiger partial charge on any atom is -0.341 e. The molecule has 1 aliphatic rings. The summed E-state index contributed by atoms with van der Waals surface area (Å²) < 4.78 is 0.766. The molecule has 5 heteroatoms. The fourth-order valence-electron chi connectivity index (χ4n) is 2.07. The third-order valence-electron chi connectivity index (χ3n) is 3.30. The van der Waals surface area contributed by atoms with E-state index in [1.807, 2.05) is 6.92 Å². The molecular weight excluding hydrogens is 264 g/mol. The van der Waals surface area contributed by atoms with Crippen molar-refractivity contribution in [3.8, 4) is 0 Å². The summed E-state index contributed by atoms with van der Waals surface area (Å²) in [4.78, 5) is 18.6. The Hall–Kier alpha value is -0.680. The van der Waals surface area contributed by atoms with Gasteiger partial charge in [-0.1, -0.05) is 13.3 Å². The molecular formula is C13H20N2OS2. The quantitative estimate of drug-likeness (QED) is 0.812. The predicted molar refractivity (Wildman–Crippen MR) is 77.6 cm³/mol. The highest BCUT2D eigenvalue weighted by Gasteiger charge is 2.32. The average molecular weight is 284 g/mol. The number of aryl methyl sites for hydroxylation is 1. The van der Waals surface area contributed by atoms with Gasteiger partial charge in [0.1, 0.15) is 0 Å². The van der Waals surface area contributed by atoms with E-state index in [9.17, 15) is 4.79 Å². The number of hydrogen-bond donors (Lipinski definition) is 1. The zero-order chi connectivity index (χ0) is 13.1. The molecule has 100 valence electrons. The number of amides is 1. The maximum absolute atomic E-state index is 12.3. The topological polar surface area (TPSA) is 36.1 Å². The van der Waals surface area contributed by atoms with Crippen molar-refractivity contribution in [3.05, 3.63) is 14.5 Å². The van der Waals surface area contributed by atoms with E-state index >= 15 is 0 Å². The number of nitrogens with one attached hydrogen (secondary N) is 1. The number of carbonyl (C=O) groups excluding carboxylic acids is 1. The number of aromatic amines is 1. The lowest BCUT2D eigenvalue weighted by atomic mass is 10.2. The Balaban J connectivity index is 2.00. The third-order valence-corrected chi connectivity index (χ3v) is 4.63. The molecule has 0 aromatic carbocycles. The van der Waals surface area contributed by atoms with Gasteiger partial charge < -0.3 is 9.88 Å². The number of unbranched alkanes of at least 4 members (excludes halogenated alkanes) is 1. The van der Waals surface area contributed by atoms with Crippen LogP contribution in [0.4, 0.5) is 0 Å². The molecule has 1 aromatic rings. The molecule has 2 rings (SSSR count). The monoisotopic (exact) mass is 284 g/mol. The Bertz CT molecular complexity index is 474. The van der Waals surface area contributed by atoms with Crippen LogP contribution in [-0.2, 0) is 11.2 Å². The summed E-state index contributed by atoms with van der Waals surface area (Å²) in [7, 11) is 0. The van der Waals surface area contributed by atoms with E-state index in [2.05, 4.69) is 16.8 Å². The van der Waals surface area contributed by atoms with Gasteiger partial charge in [-0.3, -0.25) is 4.79 Å². The Labute approximate surface area is 117 Å². The lowest BCUT2D eigenvalue weighted by Crippen LogP contribution is -2.35. The first-order valence-electron chi connectivity index (χ1n) is 6.60. The van der Waals surface area contributed by atoms with Crippen LogP contribution in [0, 0.1) is 10.9 Å². The molecule has 0 bridgehead atoms. The molecule has 1 fully saturated rings. The van der Waals surface area contributed by atoms with E-state index in [1.54, 1.807) is 0 Å². The van der Waals surface area contributed by atoms with E-state index in [-0.39, 0.29) is 5.91 Å². The van der Waals surface area contributed by atoms with Gasteiger partial charge in [0, 0.05) is 23.2 Å². The van der Waals surface area contributed by atoms with E-state index in [1.165, 1.54) is 24.2 Å². The first-order chi connectivity index (χ1) is 8.61. The zero-order valence-electron chi connectivity index (χ0n) is 11.0. The SMILES string of the molecule is CCCCN(C(=O)Cc1sc(=S)[nH]c1C)C1CC1. The molecule has 18 heavy (non-hydrogen) atoms. The van der Waals surface area contributed by atoms with Crippen LogP contribution in [0.5, 0.6) is 0 Å². The summed E-state index contributed by atoms with van der Waals surface area (Å²) in [6.07, 6.45) is 5.10. The van der Waals surface area contributed by atoms with E-state index in [4.69, 9.17) is 12.2 Å². The highest BCUT2D eigenvalue weighted by molar-refractivity contribution is 7.73. The van der Waals surface area contributed by atoms with Gasteiger partial charge >= 0.3 is 0 Å². The van der Waals surface area contributed by atoms with Crippen LogP contribution in [0.2, 0.25) is 0 Å². The van der Waals surface area contributed by atoms with Crippen molar-refractivity contribution in [1.82, 2.24) is 9.88 Å². The minimum absolute atomic E-state index is 0.263. The van der Waals surface area contributed by atoms with E-state index < -0.39 is 0 Å². The van der Waals surface area contributed by atoms with Gasteiger partial charge in [0.15, 0.2) is 3.95 Å². The highest BCUT2D eigenvalue weighted by Crippen LogP contribution is 2.28. The molecule has 0 aliphatic heterocycles. The third kappa shape index (κ3) is 3.42. The molecule has 3 nitrogen and oxygen atoms in total. The number of aromatic nitrogens is 1. The van der Waals surface area contributed by atoms with Crippen molar-refractivity contribution in [2.24, 2.45) is 0 Å². The maximum atomic E-state index is 12.3. The largest absolute Gasteiger partial charge is 0.341 e. The molecule has 0 spiro atoms. The second-order valence-corrected chi connectivity index (χ2v) is 6.68. The van der Waals surface area contributed by atoms with Crippen LogP contribution in [0.3, 0.4) is 0 Å². The molecule has 1 aliphatic carbocycles. The van der Waals surface area contributed by atoms with Crippen LogP contribution in [0.15, 0.2) is 0 Å². The van der Waals surface area contributed by atoms with Crippen LogP contribution in [0.1, 0.15) is 43.2 Å². The molecule has 1 N–H and O–H groups in total. The maximum Gasteiger partial charge on any atom is 0.228 e. The molecule has 0 radical (unpaired) electrons. The second-order valence-electron chi connectivity index (χ2n) is 4.91. The van der Waals surface area contributed by atoms with Crippen molar-refractivity contribution in [2.75, 3.05) is 6.54 Å². The van der Waals surface area contributed by atoms with Crippen LogP contribution < -0.4 is 0 Å². The Morgan fingerprint density at radius 2 is 2.28 bits per heavy atom. The van der Waals surface area contributed by atoms with Crippen LogP contribution in [0.25, 0.3) is 0 Å². The lowest BCUT2D eigenvalue weighted by molar-refractivity contribution is -0.131. The summed E-state index contributed by atoms with van der Waals surface area (Å²) in [6.45, 7) is 5.06. The number of hydrogen-bond acceptors (Lipinski definition) is 3. The number of carbonyl (C=O) groups is 1. The molecule has 0 atom stereocenters. The fraction of sp³-hybridized carbons (Fsp3) is 0.692. The van der Waals surface area contributed by atoms with E-state index in [0.29, 0.717) is 12.5 Å². The zero-order valence-corrected chi connectivity index (χ0v) is 12.6. The number of nitrogens with zero attached hydrogens (tertiary/aromatic N) is 1. The molecule has 1 saturated carbocycles. The predicted octanol–water partition coefficient (Wildman–Crippen LogP) is 3.45. The van der Waals surface area contributed by atoms with Crippen LogP contribution >= 0.6 is 23.6 Å². The lowest BCUT2D eigenvalue weighted by Gasteiger charge is -2.22. The Morgan fingerprint density at radius 1 is 1.56 bits per heavy atom. The average Bonchev–Trinajstić information content (AvgIpc) is 3.08. The van der Waals surface area contributed by atoms with Gasteiger partial charge in [-0.15, -0.1) is 11.3 Å². The molecule has 1 aromatic heterocycles. The molecule has 0 saturated heterocycles. The first kappa shape index (κ1) is 13.7. The standard InChI is InChI=1S/C13H20N2OS2/c1-3-4-7-15(10-5-6-10)12(16)8-11-9(2)14-13(17)18-11/h10H,3-8H2,1-2H3,(H,14,17). The normalized spacial score (nSPS) is 14.8. The molecule has 0 unspecified atom stereocenters. The van der Waals surface area contributed by atoms with Gasteiger partial charge in [0.25, 0.3) is 0 Å². The molecule has 1 amide bonds. The second kappa shape index (κ2) is 5.97. The minimum atomic E-state index is 0.263. The number of rotatable bonds is 6. The Kier molecular flexibility index (Phi) is 4.56. The smallest absolute Gasteiger partial charge is 0.228 e. The summed E-state index contributed by atoms with van der Waals surface area (Å²) in [5.41, 5.74) is 1.05. The van der Waals surface area contributed by atoms with E-state index in [0.717, 1.165) is 33.9 Å². The van der Waals surface area contributed by atoms with Gasteiger partial charge in [-0.05, 0) is 38.4 Å². The first-order valence-corrected chi connectivity index (χ1v) is 7.82. The van der Waals surface area contributed by atoms with Gasteiger partial charge in [0.2, 0.25) is 5.91 Å². The van der Waals surface area contributed by atoms with Gasteiger partial charge in [-0.2, -0.15) is 0 Å². The van der Waals surface area contributed by atoms with Crippen LogP contribution in [-0.4, -0.2) is 28.4 Å². The summed E-state index contributed by atoms with van der Waals surface area (Å²) in [5.74, 6) is 0.263. The number of thiazole rings is 1. The summed E-state index contributed by atoms with van der Waals surface area (Å²) in [5, 5.41) is 0.